The Labute approximate surface area is 95.3 Å². The smallest absolute Gasteiger partial charge is 0.275 e. The van der Waals surface area contributed by atoms with E-state index in [2.05, 4.69) is 15.3 Å². The minimum absolute atomic E-state index is 0.0499. The Morgan fingerprint density at radius 2 is 2.24 bits per heavy atom. The molecule has 0 aliphatic heterocycles. The molecule has 2 aromatic rings. The summed E-state index contributed by atoms with van der Waals surface area (Å²) in [7, 11) is 0. The van der Waals surface area contributed by atoms with Crippen molar-refractivity contribution in [2.75, 3.05) is 5.32 Å². The number of nitrogens with zero attached hydrogens (tertiary/aromatic N) is 1. The van der Waals surface area contributed by atoms with Crippen LogP contribution in [0.25, 0.3) is 0 Å². The van der Waals surface area contributed by atoms with Gasteiger partial charge in [0.2, 0.25) is 0 Å². The van der Waals surface area contributed by atoms with E-state index in [1.807, 2.05) is 0 Å². The summed E-state index contributed by atoms with van der Waals surface area (Å²) in [5.74, 6) is -0.968. The van der Waals surface area contributed by atoms with E-state index in [9.17, 15) is 14.0 Å². The summed E-state index contributed by atoms with van der Waals surface area (Å²) in [6.07, 6.45) is 2.19. The minimum atomic E-state index is -0.521. The van der Waals surface area contributed by atoms with Gasteiger partial charge in [0.25, 0.3) is 11.5 Å². The third-order valence-electron chi connectivity index (χ3n) is 1.99. The van der Waals surface area contributed by atoms with Gasteiger partial charge in [-0.05, 0) is 18.2 Å². The van der Waals surface area contributed by atoms with Gasteiger partial charge in [-0.25, -0.2) is 9.37 Å². The molecule has 2 N–H and O–H groups in total. The first-order chi connectivity index (χ1) is 8.15. The lowest BCUT2D eigenvalue weighted by Gasteiger charge is -2.03. The zero-order chi connectivity index (χ0) is 12.3. The molecule has 0 atom stereocenters. The summed E-state index contributed by atoms with van der Waals surface area (Å²) in [5, 5.41) is 2.46. The van der Waals surface area contributed by atoms with Gasteiger partial charge in [0, 0.05) is 11.9 Å². The molecule has 1 heterocycles. The molecule has 17 heavy (non-hydrogen) atoms. The fourth-order valence-corrected chi connectivity index (χ4v) is 1.23. The summed E-state index contributed by atoms with van der Waals surface area (Å²) in [6.45, 7) is 0. The maximum Gasteiger partial charge on any atom is 0.275 e. The van der Waals surface area contributed by atoms with Crippen LogP contribution >= 0.6 is 0 Å². The topological polar surface area (TPSA) is 74.8 Å². The van der Waals surface area contributed by atoms with Crippen LogP contribution in [0.2, 0.25) is 0 Å². The Kier molecular flexibility index (Phi) is 2.95. The number of H-pyrrole nitrogens is 1. The van der Waals surface area contributed by atoms with Gasteiger partial charge in [0.15, 0.2) is 0 Å². The van der Waals surface area contributed by atoms with E-state index in [0.29, 0.717) is 5.69 Å². The Morgan fingerprint density at radius 1 is 1.41 bits per heavy atom. The highest BCUT2D eigenvalue weighted by molar-refractivity contribution is 6.02. The number of aromatic nitrogens is 2. The Hall–Kier alpha value is -2.50. The number of anilines is 1. The Morgan fingerprint density at radius 3 is 2.88 bits per heavy atom. The van der Waals surface area contributed by atoms with Gasteiger partial charge in [-0.15, -0.1) is 0 Å². The van der Waals surface area contributed by atoms with E-state index in [1.54, 1.807) is 6.07 Å². The van der Waals surface area contributed by atoms with Crippen molar-refractivity contribution in [3.8, 4) is 0 Å². The van der Waals surface area contributed by atoms with Crippen molar-refractivity contribution in [2.45, 2.75) is 0 Å². The molecule has 0 radical (unpaired) electrons. The molecule has 1 amide bonds. The first-order valence-electron chi connectivity index (χ1n) is 4.77. The number of carbonyl (C=O) groups excluding carboxylic acids is 1. The Bertz CT molecular complexity index is 589. The predicted octanol–water partition coefficient (Wildman–Crippen LogP) is 1.16. The van der Waals surface area contributed by atoms with E-state index in [1.165, 1.54) is 24.4 Å². The number of benzene rings is 1. The van der Waals surface area contributed by atoms with Crippen LogP contribution in [-0.2, 0) is 0 Å². The van der Waals surface area contributed by atoms with Crippen molar-refractivity contribution in [1.82, 2.24) is 9.97 Å². The molecule has 0 fully saturated rings. The van der Waals surface area contributed by atoms with Gasteiger partial charge in [-0.3, -0.25) is 9.59 Å². The van der Waals surface area contributed by atoms with Crippen molar-refractivity contribution in [2.24, 2.45) is 0 Å². The van der Waals surface area contributed by atoms with Crippen LogP contribution in [0.15, 0.2) is 41.5 Å². The van der Waals surface area contributed by atoms with Crippen LogP contribution in [0, 0.1) is 5.82 Å². The number of halogens is 1. The van der Waals surface area contributed by atoms with Gasteiger partial charge in [0.1, 0.15) is 11.5 Å². The first kappa shape index (κ1) is 11.0. The highest BCUT2D eigenvalue weighted by atomic mass is 19.1. The summed E-state index contributed by atoms with van der Waals surface area (Å²) < 4.78 is 12.9. The number of hydrogen-bond donors (Lipinski definition) is 2. The fraction of sp³-hybridized carbons (Fsp3) is 0. The number of carbonyl (C=O) groups is 1. The van der Waals surface area contributed by atoms with Crippen LogP contribution < -0.4 is 10.9 Å². The molecule has 1 aromatic carbocycles. The summed E-state index contributed by atoms with van der Waals surface area (Å²) >= 11 is 0. The van der Waals surface area contributed by atoms with Crippen molar-refractivity contribution < 1.29 is 9.18 Å². The summed E-state index contributed by atoms with van der Waals surface area (Å²) in [6, 6.07) is 5.48. The van der Waals surface area contributed by atoms with E-state index in [4.69, 9.17) is 0 Å². The molecule has 1 aromatic heterocycles. The lowest BCUT2D eigenvalue weighted by Crippen LogP contribution is -2.16. The summed E-state index contributed by atoms with van der Waals surface area (Å²) in [5.41, 5.74) is -0.0239. The summed E-state index contributed by atoms with van der Waals surface area (Å²) in [4.78, 5) is 28.3. The lowest BCUT2D eigenvalue weighted by atomic mass is 10.3. The number of amides is 1. The number of hydrogen-bond acceptors (Lipinski definition) is 3. The molecular weight excluding hydrogens is 225 g/mol. The third kappa shape index (κ3) is 2.75. The van der Waals surface area contributed by atoms with Crippen LogP contribution in [0.3, 0.4) is 0 Å². The van der Waals surface area contributed by atoms with E-state index < -0.39 is 17.3 Å². The molecular formula is C11H8FN3O2. The first-order valence-corrected chi connectivity index (χ1v) is 4.77. The number of aromatic amines is 1. The second-order valence-electron chi connectivity index (χ2n) is 3.26. The van der Waals surface area contributed by atoms with Crippen molar-refractivity contribution in [1.29, 1.82) is 0 Å². The van der Waals surface area contributed by atoms with Crippen molar-refractivity contribution in [3.05, 3.63) is 58.5 Å². The zero-order valence-corrected chi connectivity index (χ0v) is 8.61. The molecule has 0 saturated heterocycles. The lowest BCUT2D eigenvalue weighted by molar-refractivity contribution is 0.102. The molecule has 2 rings (SSSR count). The van der Waals surface area contributed by atoms with E-state index in [-0.39, 0.29) is 5.69 Å². The standard InChI is InChI=1S/C11H8FN3O2/c12-7-2-1-3-8(4-7)15-11(17)9-5-14-10(16)6-13-9/h1-6H,(H,14,16)(H,15,17). The fourth-order valence-electron chi connectivity index (χ4n) is 1.23. The third-order valence-corrected chi connectivity index (χ3v) is 1.99. The SMILES string of the molecule is O=C(Nc1cccc(F)c1)c1c[nH]c(=O)cn1. The number of rotatable bonds is 2. The predicted molar refractivity (Wildman–Crippen MR) is 59.2 cm³/mol. The normalized spacial score (nSPS) is 9.94. The van der Waals surface area contributed by atoms with Gasteiger partial charge in [-0.2, -0.15) is 0 Å². The zero-order valence-electron chi connectivity index (χ0n) is 8.61. The van der Waals surface area contributed by atoms with Gasteiger partial charge in [-0.1, -0.05) is 6.07 Å². The highest BCUT2D eigenvalue weighted by Gasteiger charge is 2.07. The van der Waals surface area contributed by atoms with Crippen molar-refractivity contribution >= 4 is 11.6 Å². The van der Waals surface area contributed by atoms with Gasteiger partial charge < -0.3 is 10.3 Å². The largest absolute Gasteiger partial charge is 0.325 e. The van der Waals surface area contributed by atoms with Crippen LogP contribution in [0.4, 0.5) is 10.1 Å². The maximum atomic E-state index is 12.9. The quantitative estimate of drug-likeness (QED) is 0.817. The molecule has 86 valence electrons. The minimum Gasteiger partial charge on any atom is -0.325 e. The van der Waals surface area contributed by atoms with Crippen LogP contribution in [0.5, 0.6) is 0 Å². The molecule has 6 heteroatoms. The molecule has 0 saturated carbocycles. The Balaban J connectivity index is 2.17. The van der Waals surface area contributed by atoms with Crippen LogP contribution in [-0.4, -0.2) is 15.9 Å². The monoisotopic (exact) mass is 233 g/mol. The maximum absolute atomic E-state index is 12.9. The average Bonchev–Trinajstić information content (AvgIpc) is 2.29. The van der Waals surface area contributed by atoms with E-state index >= 15 is 0 Å². The second kappa shape index (κ2) is 4.56. The molecule has 0 bridgehead atoms. The second-order valence-corrected chi connectivity index (χ2v) is 3.26. The van der Waals surface area contributed by atoms with E-state index in [0.717, 1.165) is 6.20 Å². The van der Waals surface area contributed by atoms with Crippen molar-refractivity contribution in [3.63, 3.8) is 0 Å². The molecule has 0 unspecified atom stereocenters. The average molecular weight is 233 g/mol. The van der Waals surface area contributed by atoms with Gasteiger partial charge >= 0.3 is 0 Å². The molecule has 5 nitrogen and oxygen atoms in total. The highest BCUT2D eigenvalue weighted by Crippen LogP contribution is 2.09. The van der Waals surface area contributed by atoms with Gasteiger partial charge in [0.05, 0.1) is 6.20 Å². The molecule has 0 aliphatic rings. The molecule has 0 aliphatic carbocycles. The number of nitrogens with one attached hydrogen (secondary N) is 2. The molecule has 0 spiro atoms. The van der Waals surface area contributed by atoms with Crippen LogP contribution in [0.1, 0.15) is 10.5 Å².